The maximum Gasteiger partial charge on any atom is 0.239 e. The van der Waals surface area contributed by atoms with E-state index in [1.807, 2.05) is 37.3 Å². The van der Waals surface area contributed by atoms with E-state index in [-0.39, 0.29) is 12.5 Å². The van der Waals surface area contributed by atoms with Crippen molar-refractivity contribution in [3.63, 3.8) is 0 Å². The van der Waals surface area contributed by atoms with Gasteiger partial charge in [-0.15, -0.1) is 0 Å². The van der Waals surface area contributed by atoms with Gasteiger partial charge in [-0.3, -0.25) is 4.79 Å². The lowest BCUT2D eigenvalue weighted by atomic mass is 10.1. The van der Waals surface area contributed by atoms with E-state index in [0.29, 0.717) is 11.6 Å². The number of hydrogen-bond acceptors (Lipinski definition) is 2. The SMILES string of the molecule is Cc1cccc(CNC(=O)CNc2cccc(Cl)c2)c1. The van der Waals surface area contributed by atoms with Crippen LogP contribution in [0.4, 0.5) is 5.69 Å². The second kappa shape index (κ2) is 6.96. The molecule has 0 unspecified atom stereocenters. The highest BCUT2D eigenvalue weighted by molar-refractivity contribution is 6.30. The fraction of sp³-hybridized carbons (Fsp3) is 0.188. The van der Waals surface area contributed by atoms with Crippen molar-refractivity contribution >= 4 is 23.2 Å². The van der Waals surface area contributed by atoms with Crippen molar-refractivity contribution in [2.24, 2.45) is 0 Å². The molecule has 0 aromatic heterocycles. The number of rotatable bonds is 5. The molecule has 4 heteroatoms. The van der Waals surface area contributed by atoms with Gasteiger partial charge in [-0.05, 0) is 30.7 Å². The van der Waals surface area contributed by atoms with E-state index in [1.165, 1.54) is 5.56 Å². The zero-order chi connectivity index (χ0) is 14.4. The van der Waals surface area contributed by atoms with Gasteiger partial charge >= 0.3 is 0 Å². The van der Waals surface area contributed by atoms with Gasteiger partial charge in [0.2, 0.25) is 5.91 Å². The summed E-state index contributed by atoms with van der Waals surface area (Å²) in [5, 5.41) is 6.56. The smallest absolute Gasteiger partial charge is 0.239 e. The first-order valence-electron chi connectivity index (χ1n) is 6.45. The molecule has 1 amide bonds. The average Bonchev–Trinajstić information content (AvgIpc) is 2.43. The normalized spacial score (nSPS) is 10.1. The minimum Gasteiger partial charge on any atom is -0.376 e. The number of halogens is 1. The van der Waals surface area contributed by atoms with Crippen molar-refractivity contribution < 1.29 is 4.79 Å². The van der Waals surface area contributed by atoms with E-state index >= 15 is 0 Å². The Morgan fingerprint density at radius 1 is 1.15 bits per heavy atom. The van der Waals surface area contributed by atoms with Crippen molar-refractivity contribution in [1.29, 1.82) is 0 Å². The summed E-state index contributed by atoms with van der Waals surface area (Å²) in [6.45, 7) is 2.80. The van der Waals surface area contributed by atoms with Crippen LogP contribution in [0, 0.1) is 6.92 Å². The molecule has 0 heterocycles. The van der Waals surface area contributed by atoms with Crippen molar-refractivity contribution in [3.05, 3.63) is 64.7 Å². The third-order valence-corrected chi connectivity index (χ3v) is 3.08. The Kier molecular flexibility index (Phi) is 5.02. The Morgan fingerprint density at radius 3 is 2.70 bits per heavy atom. The van der Waals surface area contributed by atoms with Crippen LogP contribution in [0.2, 0.25) is 5.02 Å². The van der Waals surface area contributed by atoms with E-state index in [2.05, 4.69) is 16.7 Å². The Bertz CT molecular complexity index is 547. The summed E-state index contributed by atoms with van der Waals surface area (Å²) in [4.78, 5) is 11.8. The zero-order valence-electron chi connectivity index (χ0n) is 11.3. The predicted molar refractivity (Wildman–Crippen MR) is 83.0 cm³/mol. The monoisotopic (exact) mass is 288 g/mol. The van der Waals surface area contributed by atoms with Crippen LogP contribution in [-0.2, 0) is 11.3 Å². The highest BCUT2D eigenvalue weighted by Crippen LogP contribution is 2.14. The first-order valence-corrected chi connectivity index (χ1v) is 6.83. The second-order valence-corrected chi connectivity index (χ2v) is 5.07. The topological polar surface area (TPSA) is 41.1 Å². The van der Waals surface area contributed by atoms with Crippen molar-refractivity contribution in [2.75, 3.05) is 11.9 Å². The zero-order valence-corrected chi connectivity index (χ0v) is 12.1. The molecule has 0 aliphatic rings. The number of aryl methyl sites for hydroxylation is 1. The number of carbonyl (C=O) groups excluding carboxylic acids is 1. The van der Waals surface area contributed by atoms with E-state index in [9.17, 15) is 4.79 Å². The summed E-state index contributed by atoms with van der Waals surface area (Å²) >= 11 is 5.88. The first kappa shape index (κ1) is 14.4. The lowest BCUT2D eigenvalue weighted by molar-refractivity contribution is -0.119. The predicted octanol–water partition coefficient (Wildman–Crippen LogP) is 3.38. The molecule has 0 atom stereocenters. The summed E-state index contributed by atoms with van der Waals surface area (Å²) in [5.74, 6) is -0.0496. The maximum atomic E-state index is 11.8. The van der Waals surface area contributed by atoms with Crippen molar-refractivity contribution in [2.45, 2.75) is 13.5 Å². The van der Waals surface area contributed by atoms with Gasteiger partial charge in [0.15, 0.2) is 0 Å². The minimum absolute atomic E-state index is 0.0496. The number of amides is 1. The molecule has 104 valence electrons. The Balaban J connectivity index is 1.78. The molecule has 2 N–H and O–H groups in total. The lowest BCUT2D eigenvalue weighted by Gasteiger charge is -2.08. The van der Waals surface area contributed by atoms with Gasteiger partial charge in [0.05, 0.1) is 6.54 Å². The molecular formula is C16H17ClN2O. The second-order valence-electron chi connectivity index (χ2n) is 4.63. The summed E-state index contributed by atoms with van der Waals surface area (Å²) in [6, 6.07) is 15.4. The van der Waals surface area contributed by atoms with Crippen LogP contribution >= 0.6 is 11.6 Å². The summed E-state index contributed by atoms with van der Waals surface area (Å²) in [5.41, 5.74) is 3.12. The highest BCUT2D eigenvalue weighted by Gasteiger charge is 2.01. The summed E-state index contributed by atoms with van der Waals surface area (Å²) < 4.78 is 0. The molecule has 2 aromatic carbocycles. The molecule has 0 radical (unpaired) electrons. The standard InChI is InChI=1S/C16H17ClN2O/c1-12-4-2-5-13(8-12)10-19-16(20)11-18-15-7-3-6-14(17)9-15/h2-9,18H,10-11H2,1H3,(H,19,20). The first-order chi connectivity index (χ1) is 9.63. The van der Waals surface area contributed by atoms with Gasteiger partial charge in [0, 0.05) is 17.3 Å². The molecule has 3 nitrogen and oxygen atoms in total. The van der Waals surface area contributed by atoms with E-state index in [4.69, 9.17) is 11.6 Å². The van der Waals surface area contributed by atoms with Crippen LogP contribution in [0.1, 0.15) is 11.1 Å². The molecule has 2 aromatic rings. The van der Waals surface area contributed by atoms with Gasteiger partial charge in [-0.25, -0.2) is 0 Å². The number of anilines is 1. The molecule has 0 saturated heterocycles. The highest BCUT2D eigenvalue weighted by atomic mass is 35.5. The van der Waals surface area contributed by atoms with Gasteiger partial charge < -0.3 is 10.6 Å². The molecule has 2 rings (SSSR count). The van der Waals surface area contributed by atoms with Crippen LogP contribution in [0.5, 0.6) is 0 Å². The van der Waals surface area contributed by atoms with Gasteiger partial charge in [0.25, 0.3) is 0 Å². The van der Waals surface area contributed by atoms with Gasteiger partial charge in [-0.1, -0.05) is 47.5 Å². The van der Waals surface area contributed by atoms with Gasteiger partial charge in [0.1, 0.15) is 0 Å². The third-order valence-electron chi connectivity index (χ3n) is 2.85. The molecule has 0 bridgehead atoms. The van der Waals surface area contributed by atoms with Crippen LogP contribution in [0.3, 0.4) is 0 Å². The summed E-state index contributed by atoms with van der Waals surface area (Å²) in [6.07, 6.45) is 0. The Labute approximate surface area is 124 Å². The fourth-order valence-corrected chi connectivity index (χ4v) is 2.06. The molecule has 0 spiro atoms. The summed E-state index contributed by atoms with van der Waals surface area (Å²) in [7, 11) is 0. The van der Waals surface area contributed by atoms with E-state index in [0.717, 1.165) is 11.3 Å². The lowest BCUT2D eigenvalue weighted by Crippen LogP contribution is -2.29. The molecular weight excluding hydrogens is 272 g/mol. The number of nitrogens with one attached hydrogen (secondary N) is 2. The van der Waals surface area contributed by atoms with Crippen LogP contribution < -0.4 is 10.6 Å². The van der Waals surface area contributed by atoms with Crippen molar-refractivity contribution in [1.82, 2.24) is 5.32 Å². The third kappa shape index (κ3) is 4.59. The van der Waals surface area contributed by atoms with Crippen molar-refractivity contribution in [3.8, 4) is 0 Å². The number of benzene rings is 2. The fourth-order valence-electron chi connectivity index (χ4n) is 1.87. The van der Waals surface area contributed by atoms with E-state index < -0.39 is 0 Å². The molecule has 0 aliphatic heterocycles. The van der Waals surface area contributed by atoms with Crippen LogP contribution in [0.25, 0.3) is 0 Å². The number of carbonyl (C=O) groups is 1. The minimum atomic E-state index is -0.0496. The van der Waals surface area contributed by atoms with E-state index in [1.54, 1.807) is 12.1 Å². The molecule has 0 aliphatic carbocycles. The molecule has 0 fully saturated rings. The molecule has 20 heavy (non-hydrogen) atoms. The quantitative estimate of drug-likeness (QED) is 0.885. The Morgan fingerprint density at radius 2 is 1.95 bits per heavy atom. The number of hydrogen-bond donors (Lipinski definition) is 2. The molecule has 0 saturated carbocycles. The largest absolute Gasteiger partial charge is 0.376 e. The van der Waals surface area contributed by atoms with Gasteiger partial charge in [-0.2, -0.15) is 0 Å². The maximum absolute atomic E-state index is 11.8. The van der Waals surface area contributed by atoms with Crippen LogP contribution in [0.15, 0.2) is 48.5 Å². The average molecular weight is 289 g/mol. The Hall–Kier alpha value is -2.00. The van der Waals surface area contributed by atoms with Crippen LogP contribution in [-0.4, -0.2) is 12.5 Å².